The van der Waals surface area contributed by atoms with Gasteiger partial charge in [0.2, 0.25) is 0 Å². The molecule has 5 heteroatoms. The first-order valence-electron chi connectivity index (χ1n) is 8.93. The van der Waals surface area contributed by atoms with E-state index in [1.54, 1.807) is 0 Å². The summed E-state index contributed by atoms with van der Waals surface area (Å²) in [6.45, 7) is 4.71. The third-order valence-electron chi connectivity index (χ3n) is 5.17. The van der Waals surface area contributed by atoms with Gasteiger partial charge in [-0.3, -0.25) is 9.58 Å². The van der Waals surface area contributed by atoms with Gasteiger partial charge in [0.15, 0.2) is 0 Å². The maximum Gasteiger partial charge on any atom is 0.123 e. The number of aromatic nitrogens is 2. The Labute approximate surface area is 142 Å². The molecule has 0 bridgehead atoms. The van der Waals surface area contributed by atoms with Gasteiger partial charge >= 0.3 is 0 Å². The molecule has 0 radical (unpaired) electrons. The monoisotopic (exact) mass is 327 g/mol. The van der Waals surface area contributed by atoms with Gasteiger partial charge in [-0.05, 0) is 30.9 Å². The van der Waals surface area contributed by atoms with Gasteiger partial charge in [-0.15, -0.1) is 0 Å². The number of hydrogen-bond acceptors (Lipinski definition) is 4. The summed E-state index contributed by atoms with van der Waals surface area (Å²) in [5.41, 5.74) is 2.86. The van der Waals surface area contributed by atoms with Crippen molar-refractivity contribution in [3.63, 3.8) is 0 Å². The maximum absolute atomic E-state index is 10.6. The molecule has 4 rings (SSSR count). The second-order valence-corrected chi connectivity index (χ2v) is 6.76. The van der Waals surface area contributed by atoms with Gasteiger partial charge in [-0.25, -0.2) is 0 Å². The number of aryl methyl sites for hydroxylation is 1. The standard InChI is InChI=1S/C19H25N3O2/c23-19(15-5-2-1-3-6-15)18-13-17-14-21(9-4-10-22(17)20-18)16-7-11-24-12-8-16/h1-3,5-6,13,16,19,23H,4,7-12,14H2/t19-/m1/s1. The molecule has 3 heterocycles. The van der Waals surface area contributed by atoms with E-state index in [4.69, 9.17) is 4.74 Å². The van der Waals surface area contributed by atoms with Crippen LogP contribution < -0.4 is 0 Å². The number of nitrogens with zero attached hydrogens (tertiary/aromatic N) is 3. The van der Waals surface area contributed by atoms with Crippen LogP contribution in [0.5, 0.6) is 0 Å². The van der Waals surface area contributed by atoms with Crippen LogP contribution in [-0.4, -0.2) is 45.6 Å². The molecule has 1 aromatic heterocycles. The summed E-state index contributed by atoms with van der Waals surface area (Å²) >= 11 is 0. The van der Waals surface area contributed by atoms with Crippen molar-refractivity contribution in [3.05, 3.63) is 53.3 Å². The van der Waals surface area contributed by atoms with E-state index in [0.29, 0.717) is 6.04 Å². The lowest BCUT2D eigenvalue weighted by Crippen LogP contribution is -2.39. The third kappa shape index (κ3) is 3.24. The molecule has 2 aliphatic heterocycles. The predicted octanol–water partition coefficient (Wildman–Crippen LogP) is 2.35. The molecule has 0 aliphatic carbocycles. The van der Waals surface area contributed by atoms with Crippen molar-refractivity contribution in [2.24, 2.45) is 0 Å². The van der Waals surface area contributed by atoms with Gasteiger partial charge in [0.05, 0.1) is 11.4 Å². The maximum atomic E-state index is 10.6. The van der Waals surface area contributed by atoms with Crippen LogP contribution in [0.1, 0.15) is 42.3 Å². The van der Waals surface area contributed by atoms with E-state index in [9.17, 15) is 5.11 Å². The molecule has 24 heavy (non-hydrogen) atoms. The summed E-state index contributed by atoms with van der Waals surface area (Å²) in [7, 11) is 0. The first-order chi connectivity index (χ1) is 11.8. The molecule has 0 spiro atoms. The van der Waals surface area contributed by atoms with E-state index in [0.717, 1.165) is 63.4 Å². The highest BCUT2D eigenvalue weighted by Gasteiger charge is 2.26. The van der Waals surface area contributed by atoms with Crippen molar-refractivity contribution < 1.29 is 9.84 Å². The number of benzene rings is 1. The molecule has 0 saturated carbocycles. The van der Waals surface area contributed by atoms with Crippen LogP contribution in [0.15, 0.2) is 36.4 Å². The Morgan fingerprint density at radius 3 is 2.71 bits per heavy atom. The molecule has 1 aromatic carbocycles. The van der Waals surface area contributed by atoms with E-state index in [2.05, 4.69) is 20.7 Å². The molecule has 0 amide bonds. The van der Waals surface area contributed by atoms with Gasteiger partial charge in [0.25, 0.3) is 0 Å². The quantitative estimate of drug-likeness (QED) is 0.940. The molecule has 2 aliphatic rings. The normalized spacial score (nSPS) is 21.2. The third-order valence-corrected chi connectivity index (χ3v) is 5.17. The average Bonchev–Trinajstić information content (AvgIpc) is 2.94. The Hall–Kier alpha value is -1.69. The van der Waals surface area contributed by atoms with Crippen LogP contribution in [0.4, 0.5) is 0 Å². The zero-order valence-electron chi connectivity index (χ0n) is 14.0. The van der Waals surface area contributed by atoms with Crippen LogP contribution in [-0.2, 0) is 17.8 Å². The fourth-order valence-corrected chi connectivity index (χ4v) is 3.81. The van der Waals surface area contributed by atoms with Gasteiger partial charge in [-0.2, -0.15) is 5.10 Å². The lowest BCUT2D eigenvalue weighted by molar-refractivity contribution is 0.0315. The first-order valence-corrected chi connectivity index (χ1v) is 8.93. The highest BCUT2D eigenvalue weighted by Crippen LogP contribution is 2.25. The average molecular weight is 327 g/mol. The number of hydrogen-bond donors (Lipinski definition) is 1. The van der Waals surface area contributed by atoms with Gasteiger partial charge in [0, 0.05) is 38.9 Å². The van der Waals surface area contributed by atoms with Crippen molar-refractivity contribution in [1.29, 1.82) is 0 Å². The van der Waals surface area contributed by atoms with E-state index >= 15 is 0 Å². The minimum Gasteiger partial charge on any atom is -0.382 e. The molecule has 0 unspecified atom stereocenters. The Balaban J connectivity index is 1.53. The van der Waals surface area contributed by atoms with E-state index in [1.807, 2.05) is 30.3 Å². The minimum absolute atomic E-state index is 0.614. The van der Waals surface area contributed by atoms with Crippen molar-refractivity contribution in [1.82, 2.24) is 14.7 Å². The molecule has 1 atom stereocenters. The zero-order valence-corrected chi connectivity index (χ0v) is 14.0. The van der Waals surface area contributed by atoms with E-state index < -0.39 is 6.10 Å². The summed E-state index contributed by atoms with van der Waals surface area (Å²) < 4.78 is 7.58. The Morgan fingerprint density at radius 2 is 1.92 bits per heavy atom. The summed E-state index contributed by atoms with van der Waals surface area (Å²) in [5, 5.41) is 15.3. The van der Waals surface area contributed by atoms with Crippen LogP contribution in [0.25, 0.3) is 0 Å². The van der Waals surface area contributed by atoms with Crippen molar-refractivity contribution in [2.75, 3.05) is 19.8 Å². The number of ether oxygens (including phenoxy) is 1. The molecular weight excluding hydrogens is 302 g/mol. The highest BCUT2D eigenvalue weighted by molar-refractivity contribution is 5.26. The zero-order chi connectivity index (χ0) is 16.4. The summed E-state index contributed by atoms with van der Waals surface area (Å²) in [5.74, 6) is 0. The fraction of sp³-hybridized carbons (Fsp3) is 0.526. The summed E-state index contributed by atoms with van der Waals surface area (Å²) in [6.07, 6.45) is 2.69. The highest BCUT2D eigenvalue weighted by atomic mass is 16.5. The lowest BCUT2D eigenvalue weighted by Gasteiger charge is -2.33. The molecule has 2 aromatic rings. The summed E-state index contributed by atoms with van der Waals surface area (Å²) in [6, 6.07) is 12.5. The topological polar surface area (TPSA) is 50.5 Å². The van der Waals surface area contributed by atoms with E-state index in [1.165, 1.54) is 5.69 Å². The molecule has 1 N–H and O–H groups in total. The fourth-order valence-electron chi connectivity index (χ4n) is 3.81. The van der Waals surface area contributed by atoms with Gasteiger partial charge in [-0.1, -0.05) is 30.3 Å². The van der Waals surface area contributed by atoms with E-state index in [-0.39, 0.29) is 0 Å². The molecule has 1 fully saturated rings. The largest absolute Gasteiger partial charge is 0.382 e. The molecule has 1 saturated heterocycles. The van der Waals surface area contributed by atoms with Crippen molar-refractivity contribution in [2.45, 2.75) is 44.5 Å². The minimum atomic E-state index is -0.651. The second kappa shape index (κ2) is 7.05. The predicted molar refractivity (Wildman–Crippen MR) is 91.6 cm³/mol. The van der Waals surface area contributed by atoms with Crippen LogP contribution in [0.3, 0.4) is 0 Å². The van der Waals surface area contributed by atoms with Crippen LogP contribution in [0.2, 0.25) is 0 Å². The van der Waals surface area contributed by atoms with Crippen LogP contribution >= 0.6 is 0 Å². The number of rotatable bonds is 3. The Bertz CT molecular complexity index is 665. The first kappa shape index (κ1) is 15.8. The van der Waals surface area contributed by atoms with Crippen LogP contribution in [0, 0.1) is 0 Å². The summed E-state index contributed by atoms with van der Waals surface area (Å²) in [4.78, 5) is 2.57. The Morgan fingerprint density at radius 1 is 1.12 bits per heavy atom. The van der Waals surface area contributed by atoms with Gasteiger partial charge in [0.1, 0.15) is 6.10 Å². The van der Waals surface area contributed by atoms with Gasteiger partial charge < -0.3 is 9.84 Å². The molecule has 5 nitrogen and oxygen atoms in total. The number of aliphatic hydroxyl groups excluding tert-OH is 1. The van der Waals surface area contributed by atoms with Crippen molar-refractivity contribution in [3.8, 4) is 0 Å². The lowest BCUT2D eigenvalue weighted by atomic mass is 10.1. The smallest absolute Gasteiger partial charge is 0.123 e. The molecular formula is C19H25N3O2. The Kier molecular flexibility index (Phi) is 4.65. The second-order valence-electron chi connectivity index (χ2n) is 6.76. The number of aliphatic hydroxyl groups is 1. The SMILES string of the molecule is O[C@H](c1ccccc1)c1cc2n(n1)CCCN(C1CCOCC1)C2. The molecule has 128 valence electrons. The number of fused-ring (bicyclic) bond motifs is 1. The van der Waals surface area contributed by atoms with Crippen molar-refractivity contribution >= 4 is 0 Å².